The van der Waals surface area contributed by atoms with Crippen LogP contribution in [0.3, 0.4) is 0 Å². The monoisotopic (exact) mass is 770 g/mol. The number of ether oxygens (including phenoxy) is 7. The summed E-state index contributed by atoms with van der Waals surface area (Å²) in [5.74, 6) is -4.68. The molecule has 3 fully saturated rings. The first-order valence-electron chi connectivity index (χ1n) is 19.1. The number of hydrogen-bond acceptors (Lipinski definition) is 15. The zero-order valence-corrected chi connectivity index (χ0v) is 31.5. The molecule has 300 valence electrons. The Hall–Kier alpha value is -3.51. The number of carbonyl (C=O) groups is 3. The SMILES string of the molecule is CC[C@@]1(O)C[C@H](O[C@H]2C[C@H](O)[C@H](O[C@H]3CC[C@H](O[C@H]4CC[C@H](O)[C@H](C)O4)[C@H](C)O3)[C@H](C)O2)c2c(cc3c(c2O)C(=O)c2c(O)cccc2C3=O)[C@H]1C(=O)OC. The molecule has 3 saturated heterocycles. The van der Waals surface area contributed by atoms with Crippen molar-refractivity contribution in [2.45, 2.75) is 152 Å². The second kappa shape index (κ2) is 15.4. The third-order valence-corrected chi connectivity index (χ3v) is 11.9. The summed E-state index contributed by atoms with van der Waals surface area (Å²) >= 11 is 0. The van der Waals surface area contributed by atoms with E-state index < -0.39 is 89.9 Å². The average Bonchev–Trinajstić information content (AvgIpc) is 3.14. The molecule has 2 aromatic carbocycles. The van der Waals surface area contributed by atoms with E-state index in [0.717, 1.165) is 7.11 Å². The van der Waals surface area contributed by atoms with Crippen molar-refractivity contribution >= 4 is 17.5 Å². The zero-order chi connectivity index (χ0) is 39.5. The van der Waals surface area contributed by atoms with E-state index in [1.54, 1.807) is 13.8 Å². The number of hydrogen-bond donors (Lipinski definition) is 5. The third kappa shape index (κ3) is 7.19. The van der Waals surface area contributed by atoms with E-state index in [1.807, 2.05) is 13.8 Å². The number of rotatable bonds is 8. The predicted octanol–water partition coefficient (Wildman–Crippen LogP) is 3.41. The molecule has 15 heteroatoms. The van der Waals surface area contributed by atoms with Crippen LogP contribution in [0.4, 0.5) is 0 Å². The zero-order valence-electron chi connectivity index (χ0n) is 31.5. The maximum absolute atomic E-state index is 13.8. The fourth-order valence-electron chi connectivity index (χ4n) is 8.80. The summed E-state index contributed by atoms with van der Waals surface area (Å²) < 4.78 is 42.0. The van der Waals surface area contributed by atoms with Gasteiger partial charge in [0.25, 0.3) is 0 Å². The van der Waals surface area contributed by atoms with Crippen LogP contribution in [0.25, 0.3) is 0 Å². The lowest BCUT2D eigenvalue weighted by molar-refractivity contribution is -0.320. The lowest BCUT2D eigenvalue weighted by Gasteiger charge is -2.46. The molecule has 13 atom stereocenters. The van der Waals surface area contributed by atoms with E-state index >= 15 is 0 Å². The summed E-state index contributed by atoms with van der Waals surface area (Å²) in [5, 5.41) is 55.7. The number of benzene rings is 2. The maximum atomic E-state index is 13.8. The third-order valence-electron chi connectivity index (χ3n) is 11.9. The second-order valence-corrected chi connectivity index (χ2v) is 15.4. The van der Waals surface area contributed by atoms with Crippen LogP contribution in [0.15, 0.2) is 24.3 Å². The molecule has 7 rings (SSSR count). The van der Waals surface area contributed by atoms with Gasteiger partial charge in [0.05, 0.1) is 66.6 Å². The van der Waals surface area contributed by atoms with Gasteiger partial charge < -0.3 is 58.7 Å². The van der Waals surface area contributed by atoms with Gasteiger partial charge in [-0.2, -0.15) is 0 Å². The van der Waals surface area contributed by atoms with Gasteiger partial charge in [0.15, 0.2) is 24.7 Å². The number of aliphatic hydroxyl groups is 3. The topological polar surface area (TPSA) is 217 Å². The van der Waals surface area contributed by atoms with Crippen molar-refractivity contribution in [3.8, 4) is 11.5 Å². The van der Waals surface area contributed by atoms with Crippen molar-refractivity contribution < 1.29 is 73.1 Å². The number of ketones is 2. The van der Waals surface area contributed by atoms with Gasteiger partial charge in [-0.25, -0.2) is 0 Å². The minimum Gasteiger partial charge on any atom is -0.507 e. The molecule has 0 saturated carbocycles. The highest BCUT2D eigenvalue weighted by atomic mass is 16.7. The summed E-state index contributed by atoms with van der Waals surface area (Å²) in [6, 6.07) is 5.39. The highest BCUT2D eigenvalue weighted by molar-refractivity contribution is 6.30. The Balaban J connectivity index is 1.09. The molecule has 0 unspecified atom stereocenters. The van der Waals surface area contributed by atoms with Crippen molar-refractivity contribution in [3.63, 3.8) is 0 Å². The standard InChI is InChI=1S/C40H50O15/c1-6-40(48)16-27(32-21(34(40)39(47)49-5)14-22-33(37(32)46)36(45)31-20(35(22)44)8-7-9-24(31)42)54-30-15-25(43)38(19(4)52-30)55-29-13-11-26(18(3)51-29)53-28-12-10-23(41)17(2)50-28/h7-9,14,17-19,23,25-30,34,38,41-43,46,48H,6,10-13,15-16H2,1-5H3/t17-,18-,19-,23-,25-,26-,27-,28-,29-,30-,34-,38+,40+/m0/s1. The first-order chi connectivity index (χ1) is 26.1. The molecule has 0 radical (unpaired) electrons. The van der Waals surface area contributed by atoms with Crippen molar-refractivity contribution in [1.82, 2.24) is 0 Å². The van der Waals surface area contributed by atoms with Crippen molar-refractivity contribution in [2.24, 2.45) is 0 Å². The van der Waals surface area contributed by atoms with Crippen LogP contribution >= 0.6 is 0 Å². The summed E-state index contributed by atoms with van der Waals surface area (Å²) in [4.78, 5) is 40.9. The summed E-state index contributed by atoms with van der Waals surface area (Å²) in [6.07, 6.45) is -5.37. The summed E-state index contributed by atoms with van der Waals surface area (Å²) in [7, 11) is 1.16. The molecule has 15 nitrogen and oxygen atoms in total. The molecule has 2 aromatic rings. The van der Waals surface area contributed by atoms with E-state index in [1.165, 1.54) is 24.3 Å². The molecule has 5 aliphatic rings. The Morgan fingerprint density at radius 2 is 1.53 bits per heavy atom. The smallest absolute Gasteiger partial charge is 0.316 e. The van der Waals surface area contributed by atoms with E-state index in [4.69, 9.17) is 33.2 Å². The molecule has 0 amide bonds. The normalized spacial score (nSPS) is 37.5. The molecule has 55 heavy (non-hydrogen) atoms. The number of aliphatic hydroxyl groups excluding tert-OH is 2. The second-order valence-electron chi connectivity index (χ2n) is 15.4. The summed E-state index contributed by atoms with van der Waals surface area (Å²) in [6.45, 7) is 7.08. The lowest BCUT2D eigenvalue weighted by atomic mass is 9.67. The average molecular weight is 771 g/mol. The van der Waals surface area contributed by atoms with Crippen LogP contribution in [-0.4, -0.2) is 117 Å². The number of fused-ring (bicyclic) bond motifs is 3. The van der Waals surface area contributed by atoms with Gasteiger partial charge in [-0.15, -0.1) is 0 Å². The van der Waals surface area contributed by atoms with Crippen LogP contribution in [0, 0.1) is 0 Å². The predicted molar refractivity (Wildman–Crippen MR) is 189 cm³/mol. The molecule has 0 aromatic heterocycles. The molecule has 3 heterocycles. The summed E-state index contributed by atoms with van der Waals surface area (Å²) in [5.41, 5.74) is -2.62. The number of esters is 1. The number of phenolic OH excluding ortho intramolecular Hbond substituents is 2. The van der Waals surface area contributed by atoms with E-state index in [-0.39, 0.29) is 71.0 Å². The Morgan fingerprint density at radius 3 is 2.20 bits per heavy atom. The Kier molecular flexibility index (Phi) is 11.2. The van der Waals surface area contributed by atoms with Gasteiger partial charge in [0.1, 0.15) is 23.5 Å². The molecular formula is C40H50O15. The molecular weight excluding hydrogens is 720 g/mol. The fourth-order valence-corrected chi connectivity index (χ4v) is 8.80. The van der Waals surface area contributed by atoms with E-state index in [2.05, 4.69) is 0 Å². The van der Waals surface area contributed by atoms with Gasteiger partial charge in [-0.3, -0.25) is 14.4 Å². The van der Waals surface area contributed by atoms with Crippen LogP contribution in [0.2, 0.25) is 0 Å². The first-order valence-corrected chi connectivity index (χ1v) is 19.1. The van der Waals surface area contributed by atoms with Crippen LogP contribution in [-0.2, 0) is 38.0 Å². The van der Waals surface area contributed by atoms with Crippen LogP contribution in [0.5, 0.6) is 11.5 Å². The number of phenols is 2. The number of carbonyl (C=O) groups excluding carboxylic acids is 3. The lowest BCUT2D eigenvalue weighted by Crippen LogP contribution is -2.53. The van der Waals surface area contributed by atoms with Crippen LogP contribution < -0.4 is 0 Å². The van der Waals surface area contributed by atoms with Crippen molar-refractivity contribution in [3.05, 3.63) is 57.6 Å². The molecule has 2 aliphatic carbocycles. The van der Waals surface area contributed by atoms with Gasteiger partial charge in [-0.05, 0) is 57.7 Å². The molecule has 0 spiro atoms. The van der Waals surface area contributed by atoms with Gasteiger partial charge in [0, 0.05) is 42.4 Å². The van der Waals surface area contributed by atoms with Crippen molar-refractivity contribution in [1.29, 1.82) is 0 Å². The maximum Gasteiger partial charge on any atom is 0.316 e. The fraction of sp³-hybridized carbons (Fsp3) is 0.625. The molecule has 3 aliphatic heterocycles. The minimum atomic E-state index is -1.77. The minimum absolute atomic E-state index is 0.0120. The highest BCUT2D eigenvalue weighted by Crippen LogP contribution is 2.54. The largest absolute Gasteiger partial charge is 0.507 e. The Morgan fingerprint density at radius 1 is 0.836 bits per heavy atom. The van der Waals surface area contributed by atoms with Crippen LogP contribution in [0.1, 0.15) is 128 Å². The van der Waals surface area contributed by atoms with E-state index in [0.29, 0.717) is 25.7 Å². The Bertz CT molecular complexity index is 1800. The highest BCUT2D eigenvalue weighted by Gasteiger charge is 2.53. The first kappa shape index (κ1) is 39.7. The molecule has 5 N–H and O–H groups in total. The number of aromatic hydroxyl groups is 2. The van der Waals surface area contributed by atoms with Gasteiger partial charge in [-0.1, -0.05) is 19.1 Å². The Labute approximate surface area is 318 Å². The van der Waals surface area contributed by atoms with Gasteiger partial charge in [0.2, 0.25) is 5.78 Å². The van der Waals surface area contributed by atoms with Crippen molar-refractivity contribution in [2.75, 3.05) is 7.11 Å². The van der Waals surface area contributed by atoms with Gasteiger partial charge >= 0.3 is 5.97 Å². The molecule has 0 bridgehead atoms. The van der Waals surface area contributed by atoms with E-state index in [9.17, 15) is 39.9 Å². The quantitative estimate of drug-likeness (QED) is 0.208. The number of methoxy groups -OCH3 is 1.